The maximum atomic E-state index is 12.0. The molecule has 1 unspecified atom stereocenters. The van der Waals surface area contributed by atoms with Gasteiger partial charge in [0.15, 0.2) is 0 Å². The molecule has 0 amide bonds. The molecule has 1 aliphatic heterocycles. The molecule has 1 saturated heterocycles. The van der Waals surface area contributed by atoms with Gasteiger partial charge in [0.2, 0.25) is 0 Å². The molecule has 21 heavy (non-hydrogen) atoms. The Hall–Kier alpha value is -1.78. The summed E-state index contributed by atoms with van der Waals surface area (Å²) < 4.78 is 10.7. The summed E-state index contributed by atoms with van der Waals surface area (Å²) in [7, 11) is 1.31. The number of methoxy groups -OCH3 is 1. The Bertz CT molecular complexity index is 603. The highest BCUT2D eigenvalue weighted by Crippen LogP contribution is 2.40. The molecule has 1 aromatic rings. The lowest BCUT2D eigenvalue weighted by molar-refractivity contribution is -0.0748. The van der Waals surface area contributed by atoms with Crippen molar-refractivity contribution in [2.75, 3.05) is 30.8 Å². The van der Waals surface area contributed by atoms with Crippen molar-refractivity contribution in [2.24, 2.45) is 0 Å². The maximum Gasteiger partial charge on any atom is 0.343 e. The SMILES string of the molecule is COC(=O)c1c(N2CC(C)OC(C)(C)C2)sc(C#N)c1N. The highest BCUT2D eigenvalue weighted by Gasteiger charge is 2.35. The minimum atomic E-state index is -0.516. The molecule has 114 valence electrons. The van der Waals surface area contributed by atoms with Crippen LogP contribution in [0.5, 0.6) is 0 Å². The summed E-state index contributed by atoms with van der Waals surface area (Å²) in [6.45, 7) is 7.23. The number of hydrogen-bond acceptors (Lipinski definition) is 7. The first kappa shape index (κ1) is 15.6. The second kappa shape index (κ2) is 5.54. The van der Waals surface area contributed by atoms with Gasteiger partial charge in [0, 0.05) is 13.1 Å². The third-order valence-corrected chi connectivity index (χ3v) is 4.45. The van der Waals surface area contributed by atoms with Gasteiger partial charge in [0.1, 0.15) is 21.5 Å². The molecule has 0 radical (unpaired) electrons. The molecule has 0 saturated carbocycles. The summed E-state index contributed by atoms with van der Waals surface area (Å²) in [4.78, 5) is 14.4. The van der Waals surface area contributed by atoms with Crippen molar-refractivity contribution in [3.63, 3.8) is 0 Å². The first-order valence-corrected chi connectivity index (χ1v) is 7.44. The van der Waals surface area contributed by atoms with E-state index >= 15 is 0 Å². The molecular weight excluding hydrogens is 290 g/mol. The van der Waals surface area contributed by atoms with E-state index in [1.165, 1.54) is 18.4 Å². The lowest BCUT2D eigenvalue weighted by atomic mass is 10.1. The minimum absolute atomic E-state index is 0.0214. The van der Waals surface area contributed by atoms with Crippen molar-refractivity contribution < 1.29 is 14.3 Å². The van der Waals surface area contributed by atoms with E-state index in [9.17, 15) is 4.79 Å². The number of thiophene rings is 1. The average Bonchev–Trinajstić information content (AvgIpc) is 2.72. The van der Waals surface area contributed by atoms with Gasteiger partial charge >= 0.3 is 5.97 Å². The lowest BCUT2D eigenvalue weighted by Crippen LogP contribution is -2.52. The van der Waals surface area contributed by atoms with Crippen LogP contribution < -0.4 is 10.6 Å². The Labute approximate surface area is 128 Å². The molecule has 7 heteroatoms. The zero-order valence-corrected chi connectivity index (χ0v) is 13.4. The molecule has 2 rings (SSSR count). The van der Waals surface area contributed by atoms with Gasteiger partial charge in [-0.1, -0.05) is 0 Å². The number of carbonyl (C=O) groups excluding carboxylic acids is 1. The molecule has 2 heterocycles. The van der Waals surface area contributed by atoms with Gasteiger partial charge in [0.25, 0.3) is 0 Å². The summed E-state index contributed by atoms with van der Waals surface area (Å²) in [5.41, 5.74) is 6.07. The third kappa shape index (κ3) is 2.96. The number of hydrogen-bond donors (Lipinski definition) is 1. The van der Waals surface area contributed by atoms with E-state index in [2.05, 4.69) is 0 Å². The molecule has 1 aromatic heterocycles. The smallest absolute Gasteiger partial charge is 0.343 e. The van der Waals surface area contributed by atoms with Crippen LogP contribution in [0.2, 0.25) is 0 Å². The van der Waals surface area contributed by atoms with E-state index in [0.717, 1.165) is 0 Å². The van der Waals surface area contributed by atoms with E-state index in [-0.39, 0.29) is 23.0 Å². The molecule has 0 aromatic carbocycles. The van der Waals surface area contributed by atoms with Crippen LogP contribution in [0, 0.1) is 11.3 Å². The van der Waals surface area contributed by atoms with Gasteiger partial charge in [-0.3, -0.25) is 0 Å². The van der Waals surface area contributed by atoms with Crippen molar-refractivity contribution >= 4 is 28.0 Å². The second-order valence-corrected chi connectivity index (χ2v) is 6.70. The molecular formula is C14H19N3O3S. The van der Waals surface area contributed by atoms with E-state index in [4.69, 9.17) is 20.5 Å². The quantitative estimate of drug-likeness (QED) is 0.840. The van der Waals surface area contributed by atoms with Crippen molar-refractivity contribution in [1.29, 1.82) is 5.26 Å². The largest absolute Gasteiger partial charge is 0.465 e. The van der Waals surface area contributed by atoms with Gasteiger partial charge in [-0.2, -0.15) is 5.26 Å². The number of ether oxygens (including phenoxy) is 2. The van der Waals surface area contributed by atoms with Gasteiger partial charge < -0.3 is 20.1 Å². The van der Waals surface area contributed by atoms with Crippen LogP contribution in [-0.4, -0.2) is 37.9 Å². The summed E-state index contributed by atoms with van der Waals surface area (Å²) >= 11 is 1.22. The zero-order chi connectivity index (χ0) is 15.8. The number of anilines is 2. The van der Waals surface area contributed by atoms with E-state index in [1.807, 2.05) is 31.7 Å². The molecule has 1 fully saturated rings. The van der Waals surface area contributed by atoms with Gasteiger partial charge in [-0.15, -0.1) is 11.3 Å². The molecule has 1 aliphatic rings. The topological polar surface area (TPSA) is 88.6 Å². The van der Waals surface area contributed by atoms with Crippen LogP contribution in [0.25, 0.3) is 0 Å². The molecule has 2 N–H and O–H groups in total. The van der Waals surface area contributed by atoms with E-state index in [1.54, 1.807) is 0 Å². The van der Waals surface area contributed by atoms with E-state index < -0.39 is 5.97 Å². The second-order valence-electron chi connectivity index (χ2n) is 5.70. The van der Waals surface area contributed by atoms with Crippen LogP contribution in [-0.2, 0) is 9.47 Å². The minimum Gasteiger partial charge on any atom is -0.465 e. The Balaban J connectivity index is 2.48. The number of morpholine rings is 1. The number of carbonyl (C=O) groups is 1. The summed E-state index contributed by atoms with van der Waals surface area (Å²) in [6.07, 6.45) is 0.0214. The predicted molar refractivity (Wildman–Crippen MR) is 81.6 cm³/mol. The normalized spacial score (nSPS) is 20.9. The van der Waals surface area contributed by atoms with Crippen molar-refractivity contribution in [2.45, 2.75) is 32.5 Å². The fraction of sp³-hybridized carbons (Fsp3) is 0.571. The number of esters is 1. The average molecular weight is 309 g/mol. The van der Waals surface area contributed by atoms with Gasteiger partial charge in [-0.05, 0) is 20.8 Å². The van der Waals surface area contributed by atoms with Crippen molar-refractivity contribution in [1.82, 2.24) is 0 Å². The number of nitrogens with zero attached hydrogens (tertiary/aromatic N) is 2. The van der Waals surface area contributed by atoms with Crippen LogP contribution in [0.4, 0.5) is 10.7 Å². The Morgan fingerprint density at radius 2 is 2.29 bits per heavy atom. The number of nitrogens with two attached hydrogens (primary N) is 1. The molecule has 0 spiro atoms. The molecule has 0 aliphatic carbocycles. The van der Waals surface area contributed by atoms with Gasteiger partial charge in [0.05, 0.1) is 24.5 Å². The van der Waals surface area contributed by atoms with Crippen LogP contribution in [0.3, 0.4) is 0 Å². The zero-order valence-electron chi connectivity index (χ0n) is 12.6. The lowest BCUT2D eigenvalue weighted by Gasteiger charge is -2.42. The van der Waals surface area contributed by atoms with Gasteiger partial charge in [-0.25, -0.2) is 4.79 Å². The molecule has 0 bridgehead atoms. The Kier molecular flexibility index (Phi) is 4.12. The summed E-state index contributed by atoms with van der Waals surface area (Å²) in [6, 6.07) is 2.03. The summed E-state index contributed by atoms with van der Waals surface area (Å²) in [5, 5.41) is 9.83. The number of nitrogen functional groups attached to an aromatic ring is 1. The van der Waals surface area contributed by atoms with E-state index in [0.29, 0.717) is 23.0 Å². The number of nitriles is 1. The van der Waals surface area contributed by atoms with Crippen molar-refractivity contribution in [3.05, 3.63) is 10.4 Å². The number of rotatable bonds is 2. The molecule has 1 atom stereocenters. The highest BCUT2D eigenvalue weighted by atomic mass is 32.1. The standard InChI is InChI=1S/C14H19N3O3S/c1-8-6-17(7-14(2,3)20-8)12-10(13(18)19-4)11(16)9(5-15)21-12/h8H,6-7,16H2,1-4H3. The molecule has 6 nitrogen and oxygen atoms in total. The first-order valence-electron chi connectivity index (χ1n) is 6.62. The fourth-order valence-electron chi connectivity index (χ4n) is 2.64. The van der Waals surface area contributed by atoms with Crippen molar-refractivity contribution in [3.8, 4) is 6.07 Å². The fourth-order valence-corrected chi connectivity index (χ4v) is 3.66. The third-order valence-electron chi connectivity index (χ3n) is 3.27. The van der Waals surface area contributed by atoms with Crippen LogP contribution in [0.1, 0.15) is 36.0 Å². The highest BCUT2D eigenvalue weighted by molar-refractivity contribution is 7.17. The Morgan fingerprint density at radius 3 is 2.81 bits per heavy atom. The predicted octanol–water partition coefficient (Wildman–Crippen LogP) is 1.99. The maximum absolute atomic E-state index is 12.0. The monoisotopic (exact) mass is 309 g/mol. The summed E-state index contributed by atoms with van der Waals surface area (Å²) in [5.74, 6) is -0.516. The van der Waals surface area contributed by atoms with Crippen LogP contribution in [0.15, 0.2) is 0 Å². The Morgan fingerprint density at radius 1 is 1.62 bits per heavy atom. The van der Waals surface area contributed by atoms with Crippen LogP contribution >= 0.6 is 11.3 Å². The first-order chi connectivity index (χ1) is 9.79.